The third-order valence-electron chi connectivity index (χ3n) is 3.81. The molecule has 1 N–H and O–H groups in total. The Balaban J connectivity index is 1.90. The van der Waals surface area contributed by atoms with Crippen molar-refractivity contribution in [2.45, 2.75) is 33.1 Å². The SMILES string of the molecule is Cc1ccc(CC(C)C(=O)N(C)CC(C)c2nn[nH]n2)cc1. The number of aromatic amines is 1. The lowest BCUT2D eigenvalue weighted by molar-refractivity contribution is -0.133. The van der Waals surface area contributed by atoms with Crippen molar-refractivity contribution in [2.24, 2.45) is 5.92 Å². The van der Waals surface area contributed by atoms with Crippen LogP contribution in [0.3, 0.4) is 0 Å². The van der Waals surface area contributed by atoms with E-state index in [-0.39, 0.29) is 17.7 Å². The van der Waals surface area contributed by atoms with Crippen molar-refractivity contribution in [3.63, 3.8) is 0 Å². The fourth-order valence-corrected chi connectivity index (χ4v) is 2.50. The van der Waals surface area contributed by atoms with Crippen molar-refractivity contribution in [3.05, 3.63) is 41.2 Å². The van der Waals surface area contributed by atoms with E-state index in [1.807, 2.05) is 20.9 Å². The summed E-state index contributed by atoms with van der Waals surface area (Å²) in [5.74, 6) is 0.770. The van der Waals surface area contributed by atoms with Crippen LogP contribution in [-0.4, -0.2) is 45.0 Å². The standard InChI is InChI=1S/C16H23N5O/c1-11-5-7-14(8-6-11)9-12(2)16(22)21(4)10-13(3)15-17-19-20-18-15/h5-8,12-13H,9-10H2,1-4H3,(H,17,18,19,20). The van der Waals surface area contributed by atoms with Gasteiger partial charge in [-0.15, -0.1) is 10.2 Å². The molecule has 0 aliphatic rings. The number of benzene rings is 1. The number of carbonyl (C=O) groups is 1. The summed E-state index contributed by atoms with van der Waals surface area (Å²) in [6.45, 7) is 6.60. The molecular formula is C16H23N5O. The third-order valence-corrected chi connectivity index (χ3v) is 3.81. The summed E-state index contributed by atoms with van der Waals surface area (Å²) >= 11 is 0. The molecule has 2 unspecified atom stereocenters. The lowest BCUT2D eigenvalue weighted by Gasteiger charge is -2.23. The Bertz CT molecular complexity index is 594. The first-order valence-corrected chi connectivity index (χ1v) is 7.51. The summed E-state index contributed by atoms with van der Waals surface area (Å²) in [6, 6.07) is 8.32. The summed E-state index contributed by atoms with van der Waals surface area (Å²) in [5, 5.41) is 13.9. The summed E-state index contributed by atoms with van der Waals surface area (Å²) in [5.41, 5.74) is 2.42. The minimum atomic E-state index is -0.0508. The van der Waals surface area contributed by atoms with Crippen LogP contribution in [0.1, 0.15) is 36.7 Å². The molecule has 0 saturated heterocycles. The van der Waals surface area contributed by atoms with Gasteiger partial charge in [-0.3, -0.25) is 4.79 Å². The number of nitrogens with zero attached hydrogens (tertiary/aromatic N) is 4. The molecule has 0 spiro atoms. The Hall–Kier alpha value is -2.24. The molecule has 2 rings (SSSR count). The van der Waals surface area contributed by atoms with E-state index in [0.29, 0.717) is 12.4 Å². The predicted octanol–water partition coefficient (Wildman–Crippen LogP) is 1.95. The Labute approximate surface area is 130 Å². The summed E-state index contributed by atoms with van der Waals surface area (Å²) < 4.78 is 0. The molecule has 2 atom stereocenters. The number of tetrazole rings is 1. The number of likely N-dealkylation sites (N-methyl/N-ethyl adjacent to an activating group) is 1. The zero-order valence-corrected chi connectivity index (χ0v) is 13.6. The molecule has 2 aromatic rings. The average molecular weight is 301 g/mol. The molecule has 0 radical (unpaired) electrons. The molecule has 6 heteroatoms. The van der Waals surface area contributed by atoms with Gasteiger partial charge in [0.25, 0.3) is 0 Å². The largest absolute Gasteiger partial charge is 0.345 e. The van der Waals surface area contributed by atoms with E-state index in [1.165, 1.54) is 11.1 Å². The predicted molar refractivity (Wildman–Crippen MR) is 84.3 cm³/mol. The van der Waals surface area contributed by atoms with E-state index in [1.54, 1.807) is 4.90 Å². The second-order valence-corrected chi connectivity index (χ2v) is 5.98. The van der Waals surface area contributed by atoms with E-state index in [2.05, 4.69) is 51.8 Å². The number of hydrogen-bond acceptors (Lipinski definition) is 4. The van der Waals surface area contributed by atoms with Gasteiger partial charge in [-0.05, 0) is 18.9 Å². The van der Waals surface area contributed by atoms with Gasteiger partial charge in [0.2, 0.25) is 5.91 Å². The average Bonchev–Trinajstić information content (AvgIpc) is 3.03. The molecule has 118 valence electrons. The van der Waals surface area contributed by atoms with Gasteiger partial charge in [0, 0.05) is 25.4 Å². The molecular weight excluding hydrogens is 278 g/mol. The first kappa shape index (κ1) is 16.1. The maximum atomic E-state index is 12.5. The number of H-pyrrole nitrogens is 1. The Morgan fingerprint density at radius 1 is 1.27 bits per heavy atom. The molecule has 0 aliphatic heterocycles. The van der Waals surface area contributed by atoms with Crippen LogP contribution < -0.4 is 0 Å². The van der Waals surface area contributed by atoms with E-state index in [9.17, 15) is 4.79 Å². The maximum Gasteiger partial charge on any atom is 0.225 e. The van der Waals surface area contributed by atoms with Crippen LogP contribution in [-0.2, 0) is 11.2 Å². The van der Waals surface area contributed by atoms with Crippen LogP contribution in [0.4, 0.5) is 0 Å². The number of hydrogen-bond donors (Lipinski definition) is 1. The van der Waals surface area contributed by atoms with Gasteiger partial charge in [0.05, 0.1) is 0 Å². The topological polar surface area (TPSA) is 74.8 Å². The van der Waals surface area contributed by atoms with Crippen molar-refractivity contribution in [2.75, 3.05) is 13.6 Å². The number of rotatable bonds is 6. The zero-order valence-electron chi connectivity index (χ0n) is 13.6. The van der Waals surface area contributed by atoms with Gasteiger partial charge in [-0.1, -0.05) is 48.9 Å². The quantitative estimate of drug-likeness (QED) is 0.885. The summed E-state index contributed by atoms with van der Waals surface area (Å²) in [4.78, 5) is 14.2. The first-order valence-electron chi connectivity index (χ1n) is 7.51. The lowest BCUT2D eigenvalue weighted by Crippen LogP contribution is -2.35. The second-order valence-electron chi connectivity index (χ2n) is 5.98. The van der Waals surface area contributed by atoms with Crippen molar-refractivity contribution in [1.29, 1.82) is 0 Å². The fraction of sp³-hybridized carbons (Fsp3) is 0.500. The maximum absolute atomic E-state index is 12.5. The van der Waals surface area contributed by atoms with Crippen LogP contribution in [0.5, 0.6) is 0 Å². The molecule has 0 fully saturated rings. The molecule has 22 heavy (non-hydrogen) atoms. The van der Waals surface area contributed by atoms with Crippen molar-refractivity contribution >= 4 is 5.91 Å². The molecule has 0 saturated carbocycles. The summed E-state index contributed by atoms with van der Waals surface area (Å²) in [7, 11) is 1.82. The number of carbonyl (C=O) groups excluding carboxylic acids is 1. The van der Waals surface area contributed by atoms with E-state index < -0.39 is 0 Å². The normalized spacial score (nSPS) is 13.6. The van der Waals surface area contributed by atoms with Gasteiger partial charge in [0.1, 0.15) is 0 Å². The summed E-state index contributed by atoms with van der Waals surface area (Å²) in [6.07, 6.45) is 0.750. The molecule has 1 aromatic heterocycles. The van der Waals surface area contributed by atoms with Gasteiger partial charge in [-0.25, -0.2) is 0 Å². The number of aromatic nitrogens is 4. The van der Waals surface area contributed by atoms with Gasteiger partial charge in [-0.2, -0.15) is 5.21 Å². The third kappa shape index (κ3) is 4.13. The molecule has 1 amide bonds. The highest BCUT2D eigenvalue weighted by atomic mass is 16.2. The fourth-order valence-electron chi connectivity index (χ4n) is 2.50. The Morgan fingerprint density at radius 2 is 1.95 bits per heavy atom. The van der Waals surface area contributed by atoms with E-state index in [0.717, 1.165) is 6.42 Å². The van der Waals surface area contributed by atoms with Crippen LogP contribution in [0.25, 0.3) is 0 Å². The zero-order chi connectivity index (χ0) is 16.1. The minimum Gasteiger partial charge on any atom is -0.345 e. The van der Waals surface area contributed by atoms with Crippen LogP contribution in [0.15, 0.2) is 24.3 Å². The van der Waals surface area contributed by atoms with E-state index >= 15 is 0 Å². The van der Waals surface area contributed by atoms with Gasteiger partial charge < -0.3 is 4.90 Å². The molecule has 1 aromatic carbocycles. The lowest BCUT2D eigenvalue weighted by atomic mass is 9.98. The van der Waals surface area contributed by atoms with Crippen LogP contribution in [0.2, 0.25) is 0 Å². The smallest absolute Gasteiger partial charge is 0.225 e. The number of nitrogens with one attached hydrogen (secondary N) is 1. The molecule has 0 bridgehead atoms. The Morgan fingerprint density at radius 3 is 2.55 bits per heavy atom. The molecule has 0 aliphatic carbocycles. The Kier molecular flexibility index (Phi) is 5.25. The number of amides is 1. The van der Waals surface area contributed by atoms with Crippen LogP contribution in [0, 0.1) is 12.8 Å². The van der Waals surface area contributed by atoms with Crippen molar-refractivity contribution in [3.8, 4) is 0 Å². The number of aryl methyl sites for hydroxylation is 1. The van der Waals surface area contributed by atoms with Gasteiger partial charge >= 0.3 is 0 Å². The highest BCUT2D eigenvalue weighted by Gasteiger charge is 2.21. The van der Waals surface area contributed by atoms with Gasteiger partial charge in [0.15, 0.2) is 5.82 Å². The second kappa shape index (κ2) is 7.15. The van der Waals surface area contributed by atoms with Crippen LogP contribution >= 0.6 is 0 Å². The first-order chi connectivity index (χ1) is 10.5. The highest BCUT2D eigenvalue weighted by Crippen LogP contribution is 2.15. The highest BCUT2D eigenvalue weighted by molar-refractivity contribution is 5.78. The van der Waals surface area contributed by atoms with Crippen molar-refractivity contribution in [1.82, 2.24) is 25.5 Å². The van der Waals surface area contributed by atoms with Crippen molar-refractivity contribution < 1.29 is 4.79 Å². The molecule has 1 heterocycles. The molecule has 6 nitrogen and oxygen atoms in total. The monoisotopic (exact) mass is 301 g/mol. The van der Waals surface area contributed by atoms with E-state index in [4.69, 9.17) is 0 Å². The minimum absolute atomic E-state index is 0.0508.